The number of carbonyl (C=O) groups is 5. The third-order valence-corrected chi connectivity index (χ3v) is 19.5. The molecule has 0 aliphatic carbocycles. The van der Waals surface area contributed by atoms with E-state index in [0.29, 0.717) is 76.2 Å². The smallest absolute Gasteiger partial charge is 0.458 e. The number of fused-ring (bicyclic) bond motifs is 10. The van der Waals surface area contributed by atoms with Crippen LogP contribution >= 0.6 is 43.2 Å². The summed E-state index contributed by atoms with van der Waals surface area (Å²) in [5.41, 5.74) is 2.40. The number of hydrogen-bond acceptors (Lipinski definition) is 25. The van der Waals surface area contributed by atoms with E-state index < -0.39 is 52.8 Å². The number of aliphatic hydroxyl groups excluding tert-OH is 3. The number of cyclic esters (lactones) is 2. The summed E-state index contributed by atoms with van der Waals surface area (Å²) in [7, 11) is 6.04. The van der Waals surface area contributed by atoms with E-state index in [1.165, 1.54) is 21.6 Å². The van der Waals surface area contributed by atoms with Gasteiger partial charge in [-0.2, -0.15) is 0 Å². The zero-order valence-electron chi connectivity index (χ0n) is 51.8. The SMILES string of the molecule is CCc1c2c(nc3ccc(OC(=O)OC(C)(C)C)cc13)-c1cc3c(c(=O)n1C2)COC(=O)[C@@]3(CC)OC(=O)OCCSSCCO.CCc1c2c(nc3ccc(OC(=O)OC(C)(C)C)cc13)-c1cc3c(c(=O)n1C2)COC(=O)[C@]3(O)CC.OCCSSCCO. The molecule has 27 heteroatoms. The lowest BCUT2D eigenvalue weighted by atomic mass is 9.85. The predicted octanol–water partition coefficient (Wildman–Crippen LogP) is 9.80. The van der Waals surface area contributed by atoms with E-state index in [9.17, 15) is 38.7 Å². The normalized spacial score (nSPS) is 16.7. The molecule has 0 spiro atoms. The molecule has 2 atom stereocenters. The van der Waals surface area contributed by atoms with Gasteiger partial charge in [-0.25, -0.2) is 33.9 Å². The van der Waals surface area contributed by atoms with E-state index in [1.54, 1.807) is 135 Å². The Morgan fingerprint density at radius 1 is 0.578 bits per heavy atom. The van der Waals surface area contributed by atoms with Crippen molar-refractivity contribution in [2.45, 2.75) is 144 Å². The molecule has 0 radical (unpaired) electrons. The van der Waals surface area contributed by atoms with Crippen molar-refractivity contribution < 1.29 is 82.3 Å². The minimum atomic E-state index is -1.88. The van der Waals surface area contributed by atoms with Crippen molar-refractivity contribution >= 4 is 95.4 Å². The lowest BCUT2D eigenvalue weighted by Gasteiger charge is -2.35. The van der Waals surface area contributed by atoms with E-state index in [1.807, 2.05) is 13.8 Å². The summed E-state index contributed by atoms with van der Waals surface area (Å²) in [5.74, 6) is 1.62. The van der Waals surface area contributed by atoms with Gasteiger partial charge in [0.15, 0.2) is 5.60 Å². The van der Waals surface area contributed by atoms with Crippen LogP contribution < -0.4 is 20.6 Å². The van der Waals surface area contributed by atoms with Crippen LogP contribution in [0.4, 0.5) is 14.4 Å². The molecule has 0 amide bonds. The van der Waals surface area contributed by atoms with Crippen molar-refractivity contribution in [2.75, 3.05) is 49.4 Å². The number of carbonyl (C=O) groups excluding carboxylic acids is 5. The summed E-state index contributed by atoms with van der Waals surface area (Å²) in [5, 5.41) is 38.1. The van der Waals surface area contributed by atoms with Gasteiger partial charge < -0.3 is 67.5 Å². The van der Waals surface area contributed by atoms with Crippen LogP contribution in [0, 0.1) is 0 Å². The number of hydrogen-bond donors (Lipinski definition) is 4. The average molecular weight is 1320 g/mol. The summed E-state index contributed by atoms with van der Waals surface area (Å²) >= 11 is 0. The fourth-order valence-electron chi connectivity index (χ4n) is 10.8. The molecule has 484 valence electrons. The number of pyridine rings is 4. The van der Waals surface area contributed by atoms with Gasteiger partial charge in [0.1, 0.15) is 42.5 Å². The van der Waals surface area contributed by atoms with E-state index in [-0.39, 0.29) is 92.4 Å². The summed E-state index contributed by atoms with van der Waals surface area (Å²) in [6, 6.07) is 13.6. The van der Waals surface area contributed by atoms with Gasteiger partial charge in [-0.05, 0) is 127 Å². The second-order valence-electron chi connectivity index (χ2n) is 22.9. The maximum absolute atomic E-state index is 13.9. The van der Waals surface area contributed by atoms with E-state index in [2.05, 4.69) is 0 Å². The molecule has 0 fully saturated rings. The predicted molar refractivity (Wildman–Crippen MR) is 343 cm³/mol. The summed E-state index contributed by atoms with van der Waals surface area (Å²) in [6.07, 6.45) is -1.31. The molecule has 0 bridgehead atoms. The lowest BCUT2D eigenvalue weighted by molar-refractivity contribution is -0.175. The van der Waals surface area contributed by atoms with Crippen molar-refractivity contribution in [2.24, 2.45) is 0 Å². The van der Waals surface area contributed by atoms with Gasteiger partial charge in [0.25, 0.3) is 11.1 Å². The fourth-order valence-corrected chi connectivity index (χ4v) is 13.9. The second kappa shape index (κ2) is 29.2. The molecule has 4 aliphatic rings. The van der Waals surface area contributed by atoms with Gasteiger partial charge in [0.05, 0.1) is 77.8 Å². The molecule has 4 N–H and O–H groups in total. The highest BCUT2D eigenvalue weighted by Gasteiger charge is 2.51. The Bertz CT molecular complexity index is 3850. The van der Waals surface area contributed by atoms with Crippen molar-refractivity contribution in [3.8, 4) is 34.3 Å². The standard InChI is InChI=1S/C32H36N2O10S2.C27H28N2O7.C4H10O2S2/c1-6-19-20-14-18(42-30(39)43-31(3,4)5)8-9-24(20)33-26-21(19)16-34-25(26)15-23-22(27(34)36)17-41-28(37)32(23,7-2)44-29(38)40-11-13-46-45-12-10-35;1-6-15-16-10-14(35-25(32)36-26(3,4)5)8-9-20(16)28-22-17(15)12-29-21(22)11-19-18(23(29)30)13-34-24(31)27(19,33)7-2;5-1-3-7-8-4-2-6/h8-9,14-15,35H,6-7,10-13,16-17H2,1-5H3;8-11,33H,6-7,12-13H2,1-5H3;5-6H,1-4H2/t32-;27-;/m00./s1. The number of aromatic nitrogens is 4. The first-order valence-corrected chi connectivity index (χ1v) is 34.3. The third-order valence-electron chi connectivity index (χ3n) is 14.7. The third kappa shape index (κ3) is 14.9. The highest BCUT2D eigenvalue weighted by Crippen LogP contribution is 2.44. The number of rotatable bonds is 18. The van der Waals surface area contributed by atoms with Crippen molar-refractivity contribution in [1.29, 1.82) is 0 Å². The maximum atomic E-state index is 13.9. The average Bonchev–Trinajstić information content (AvgIpc) is 1.48. The minimum absolute atomic E-state index is 0.0105. The topological polar surface area (TPSA) is 310 Å². The Labute approximate surface area is 535 Å². The molecular weight excluding hydrogens is 1240 g/mol. The molecule has 2 aromatic carbocycles. The number of ether oxygens (including phenoxy) is 8. The largest absolute Gasteiger partial charge is 0.514 e. The summed E-state index contributed by atoms with van der Waals surface area (Å²) in [4.78, 5) is 100.0. The molecule has 4 aliphatic heterocycles. The highest BCUT2D eigenvalue weighted by molar-refractivity contribution is 8.77. The lowest BCUT2D eigenvalue weighted by Crippen LogP contribution is -2.47. The second-order valence-corrected chi connectivity index (χ2v) is 28.3. The zero-order chi connectivity index (χ0) is 65.5. The van der Waals surface area contributed by atoms with Crippen LogP contribution in [0.5, 0.6) is 11.5 Å². The first-order valence-electron chi connectivity index (χ1n) is 29.3. The van der Waals surface area contributed by atoms with Crippen LogP contribution in [0.1, 0.15) is 127 Å². The Hall–Kier alpha value is -6.85. The van der Waals surface area contributed by atoms with Crippen molar-refractivity contribution in [3.05, 3.63) is 114 Å². The Morgan fingerprint density at radius 2 is 1.01 bits per heavy atom. The molecule has 0 unspecified atom stereocenters. The maximum Gasteiger partial charge on any atom is 0.514 e. The van der Waals surface area contributed by atoms with Crippen LogP contribution in [0.3, 0.4) is 0 Å². The highest BCUT2D eigenvalue weighted by atomic mass is 33.1. The van der Waals surface area contributed by atoms with Gasteiger partial charge >= 0.3 is 30.4 Å². The molecule has 4 aromatic heterocycles. The zero-order valence-corrected chi connectivity index (χ0v) is 55.0. The van der Waals surface area contributed by atoms with Gasteiger partial charge in [-0.15, -0.1) is 0 Å². The van der Waals surface area contributed by atoms with Gasteiger partial charge in [0, 0.05) is 56.0 Å². The number of aryl methyl sites for hydroxylation is 2. The number of benzene rings is 2. The van der Waals surface area contributed by atoms with E-state index >= 15 is 0 Å². The fraction of sp³-hybridized carbons (Fsp3) is 0.476. The van der Waals surface area contributed by atoms with E-state index in [0.717, 1.165) is 44.5 Å². The van der Waals surface area contributed by atoms with Gasteiger partial charge in [-0.1, -0.05) is 70.9 Å². The molecule has 90 heavy (non-hydrogen) atoms. The van der Waals surface area contributed by atoms with Crippen LogP contribution in [0.2, 0.25) is 0 Å². The Morgan fingerprint density at radius 3 is 1.43 bits per heavy atom. The van der Waals surface area contributed by atoms with E-state index in [4.69, 9.17) is 63.2 Å². The number of nitrogens with zero attached hydrogens (tertiary/aromatic N) is 4. The summed E-state index contributed by atoms with van der Waals surface area (Å²) in [6.45, 7) is 18.5. The minimum Gasteiger partial charge on any atom is -0.458 e. The monoisotopic (exact) mass is 1320 g/mol. The quantitative estimate of drug-likeness (QED) is 0.0204. The van der Waals surface area contributed by atoms with Crippen molar-refractivity contribution in [1.82, 2.24) is 19.1 Å². The molecule has 8 heterocycles. The Balaban J connectivity index is 0.000000212. The number of esters is 2. The summed E-state index contributed by atoms with van der Waals surface area (Å²) < 4.78 is 46.0. The first-order chi connectivity index (χ1) is 42.8. The van der Waals surface area contributed by atoms with Crippen LogP contribution in [0.15, 0.2) is 58.1 Å². The van der Waals surface area contributed by atoms with Crippen LogP contribution in [-0.2, 0) is 88.4 Å². The Kier molecular flexibility index (Phi) is 22.4. The molecule has 10 rings (SSSR count). The van der Waals surface area contributed by atoms with Crippen molar-refractivity contribution in [3.63, 3.8) is 0 Å². The van der Waals surface area contributed by atoms with Crippen LogP contribution in [0.25, 0.3) is 44.6 Å². The molecule has 0 saturated carbocycles. The van der Waals surface area contributed by atoms with Gasteiger partial charge in [0.2, 0.25) is 5.60 Å². The molecule has 23 nitrogen and oxygen atoms in total. The number of aliphatic hydroxyl groups is 4. The first kappa shape index (κ1) is 69.0. The molecular formula is C63H74N4O19S4. The van der Waals surface area contributed by atoms with Crippen LogP contribution in [-0.4, -0.2) is 131 Å². The molecule has 0 saturated heterocycles. The molecule has 6 aromatic rings. The van der Waals surface area contributed by atoms with Gasteiger partial charge in [-0.3, -0.25) is 9.59 Å².